The summed E-state index contributed by atoms with van der Waals surface area (Å²) in [5.74, 6) is 0.550. The first-order valence-electron chi connectivity index (χ1n) is 5.91. The van der Waals surface area contributed by atoms with Crippen molar-refractivity contribution in [3.63, 3.8) is 0 Å². The van der Waals surface area contributed by atoms with E-state index in [2.05, 4.69) is 0 Å². The van der Waals surface area contributed by atoms with E-state index in [1.807, 2.05) is 0 Å². The van der Waals surface area contributed by atoms with Crippen molar-refractivity contribution in [3.8, 4) is 11.5 Å². The molecule has 0 heterocycles. The van der Waals surface area contributed by atoms with Gasteiger partial charge in [-0.25, -0.2) is 4.39 Å². The van der Waals surface area contributed by atoms with Gasteiger partial charge in [-0.3, -0.25) is 0 Å². The number of halogens is 2. The molecule has 0 spiro atoms. The fourth-order valence-electron chi connectivity index (χ4n) is 1.97. The standard InChI is InChI=1S/C15H14ClFO3/c1-19-12-3-4-14(20-2)13(8-12)15(18)9-5-10(16)7-11(17)6-9/h3-8,15,18H,1-2H3. The van der Waals surface area contributed by atoms with Crippen LogP contribution in [0.2, 0.25) is 5.02 Å². The molecule has 0 aliphatic heterocycles. The zero-order valence-corrected chi connectivity index (χ0v) is 11.8. The Morgan fingerprint density at radius 3 is 2.45 bits per heavy atom. The minimum Gasteiger partial charge on any atom is -0.497 e. The minimum atomic E-state index is -1.06. The van der Waals surface area contributed by atoms with Gasteiger partial charge >= 0.3 is 0 Å². The molecule has 106 valence electrons. The van der Waals surface area contributed by atoms with Crippen molar-refractivity contribution >= 4 is 11.6 Å². The van der Waals surface area contributed by atoms with Crippen molar-refractivity contribution in [1.82, 2.24) is 0 Å². The Morgan fingerprint density at radius 2 is 1.85 bits per heavy atom. The maximum Gasteiger partial charge on any atom is 0.125 e. The van der Waals surface area contributed by atoms with Crippen LogP contribution in [0.15, 0.2) is 36.4 Å². The molecule has 0 amide bonds. The van der Waals surface area contributed by atoms with Crippen LogP contribution in [0.1, 0.15) is 17.2 Å². The summed E-state index contributed by atoms with van der Waals surface area (Å²) in [4.78, 5) is 0. The molecular weight excluding hydrogens is 283 g/mol. The Balaban J connectivity index is 2.48. The first-order valence-corrected chi connectivity index (χ1v) is 6.29. The number of ether oxygens (including phenoxy) is 2. The van der Waals surface area contributed by atoms with E-state index >= 15 is 0 Å². The molecule has 0 aliphatic carbocycles. The second kappa shape index (κ2) is 6.11. The number of aliphatic hydroxyl groups is 1. The maximum absolute atomic E-state index is 13.4. The van der Waals surface area contributed by atoms with Gasteiger partial charge in [0.25, 0.3) is 0 Å². The summed E-state index contributed by atoms with van der Waals surface area (Å²) in [6.07, 6.45) is -1.06. The van der Waals surface area contributed by atoms with Gasteiger partial charge in [-0.1, -0.05) is 11.6 Å². The SMILES string of the molecule is COc1ccc(OC)c(C(O)c2cc(F)cc(Cl)c2)c1. The molecule has 2 rings (SSSR count). The molecule has 0 aromatic heterocycles. The average molecular weight is 297 g/mol. The molecular formula is C15H14ClFO3. The monoisotopic (exact) mass is 296 g/mol. The fourth-order valence-corrected chi connectivity index (χ4v) is 2.20. The lowest BCUT2D eigenvalue weighted by Gasteiger charge is -2.16. The normalized spacial score (nSPS) is 12.1. The number of hydrogen-bond donors (Lipinski definition) is 1. The third-order valence-electron chi connectivity index (χ3n) is 2.93. The third kappa shape index (κ3) is 3.03. The highest BCUT2D eigenvalue weighted by molar-refractivity contribution is 6.30. The van der Waals surface area contributed by atoms with Crippen LogP contribution in [0.3, 0.4) is 0 Å². The fraction of sp³-hybridized carbons (Fsp3) is 0.200. The number of methoxy groups -OCH3 is 2. The minimum absolute atomic E-state index is 0.223. The van der Waals surface area contributed by atoms with Gasteiger partial charge in [-0.2, -0.15) is 0 Å². The van der Waals surface area contributed by atoms with Gasteiger partial charge in [0, 0.05) is 10.6 Å². The highest BCUT2D eigenvalue weighted by atomic mass is 35.5. The van der Waals surface area contributed by atoms with Gasteiger partial charge in [0.2, 0.25) is 0 Å². The lowest BCUT2D eigenvalue weighted by molar-refractivity contribution is 0.213. The van der Waals surface area contributed by atoms with Crippen LogP contribution in [-0.2, 0) is 0 Å². The van der Waals surface area contributed by atoms with Crippen LogP contribution in [0.25, 0.3) is 0 Å². The number of benzene rings is 2. The molecule has 2 aromatic rings. The van der Waals surface area contributed by atoms with Crippen LogP contribution in [0.5, 0.6) is 11.5 Å². The molecule has 1 atom stereocenters. The highest BCUT2D eigenvalue weighted by Crippen LogP contribution is 2.34. The van der Waals surface area contributed by atoms with Crippen LogP contribution in [0.4, 0.5) is 4.39 Å². The van der Waals surface area contributed by atoms with E-state index in [0.717, 1.165) is 0 Å². The van der Waals surface area contributed by atoms with Gasteiger partial charge in [0.05, 0.1) is 14.2 Å². The Kier molecular flexibility index (Phi) is 4.47. The number of aliphatic hydroxyl groups excluding tert-OH is 1. The topological polar surface area (TPSA) is 38.7 Å². The molecule has 0 bridgehead atoms. The maximum atomic E-state index is 13.4. The average Bonchev–Trinajstić information content (AvgIpc) is 2.44. The molecule has 0 aliphatic rings. The lowest BCUT2D eigenvalue weighted by Crippen LogP contribution is -2.03. The van der Waals surface area contributed by atoms with Crippen molar-refractivity contribution in [3.05, 3.63) is 58.4 Å². The second-order valence-electron chi connectivity index (χ2n) is 4.21. The summed E-state index contributed by atoms with van der Waals surface area (Å²) >= 11 is 5.81. The van der Waals surface area contributed by atoms with Crippen LogP contribution in [0, 0.1) is 5.82 Å². The zero-order chi connectivity index (χ0) is 14.7. The Labute approximate surface area is 121 Å². The van der Waals surface area contributed by atoms with E-state index in [-0.39, 0.29) is 5.02 Å². The van der Waals surface area contributed by atoms with Crippen molar-refractivity contribution in [1.29, 1.82) is 0 Å². The Hall–Kier alpha value is -1.78. The summed E-state index contributed by atoms with van der Waals surface area (Å²) in [5.41, 5.74) is 0.829. The molecule has 0 saturated heterocycles. The van der Waals surface area contributed by atoms with Crippen molar-refractivity contribution in [2.45, 2.75) is 6.10 Å². The van der Waals surface area contributed by atoms with Gasteiger partial charge in [-0.05, 0) is 42.0 Å². The molecule has 3 nitrogen and oxygen atoms in total. The predicted molar refractivity (Wildman–Crippen MR) is 75.0 cm³/mol. The second-order valence-corrected chi connectivity index (χ2v) is 4.65. The quantitative estimate of drug-likeness (QED) is 0.937. The highest BCUT2D eigenvalue weighted by Gasteiger charge is 2.17. The Bertz CT molecular complexity index is 596. The number of hydrogen-bond acceptors (Lipinski definition) is 3. The molecule has 0 saturated carbocycles. The molecule has 0 fully saturated rings. The van der Waals surface area contributed by atoms with Gasteiger partial charge < -0.3 is 14.6 Å². The molecule has 2 aromatic carbocycles. The van der Waals surface area contributed by atoms with E-state index in [4.69, 9.17) is 21.1 Å². The van der Waals surface area contributed by atoms with Crippen LogP contribution in [-0.4, -0.2) is 19.3 Å². The largest absolute Gasteiger partial charge is 0.497 e. The van der Waals surface area contributed by atoms with Gasteiger partial charge in [0.1, 0.15) is 23.4 Å². The summed E-state index contributed by atoms with van der Waals surface area (Å²) < 4.78 is 23.7. The van der Waals surface area contributed by atoms with E-state index in [1.165, 1.54) is 32.4 Å². The molecule has 1 N–H and O–H groups in total. The Morgan fingerprint density at radius 1 is 1.10 bits per heavy atom. The van der Waals surface area contributed by atoms with E-state index in [0.29, 0.717) is 22.6 Å². The molecule has 20 heavy (non-hydrogen) atoms. The van der Waals surface area contributed by atoms with Gasteiger partial charge in [0.15, 0.2) is 0 Å². The first-order chi connectivity index (χ1) is 9.55. The van der Waals surface area contributed by atoms with Crippen LogP contribution >= 0.6 is 11.6 Å². The molecule has 5 heteroatoms. The van der Waals surface area contributed by atoms with Crippen molar-refractivity contribution in [2.24, 2.45) is 0 Å². The summed E-state index contributed by atoms with van der Waals surface area (Å²) in [6, 6.07) is 8.96. The molecule has 1 unspecified atom stereocenters. The van der Waals surface area contributed by atoms with E-state index < -0.39 is 11.9 Å². The van der Waals surface area contributed by atoms with Crippen molar-refractivity contribution in [2.75, 3.05) is 14.2 Å². The van der Waals surface area contributed by atoms with Crippen molar-refractivity contribution < 1.29 is 19.0 Å². The van der Waals surface area contributed by atoms with Crippen LogP contribution < -0.4 is 9.47 Å². The summed E-state index contributed by atoms with van der Waals surface area (Å²) in [7, 11) is 3.02. The zero-order valence-electron chi connectivity index (χ0n) is 11.1. The molecule has 0 radical (unpaired) electrons. The predicted octanol–water partition coefficient (Wildman–Crippen LogP) is 3.58. The smallest absolute Gasteiger partial charge is 0.125 e. The number of rotatable bonds is 4. The van der Waals surface area contributed by atoms with E-state index in [1.54, 1.807) is 18.2 Å². The summed E-state index contributed by atoms with van der Waals surface area (Å²) in [6.45, 7) is 0. The van der Waals surface area contributed by atoms with E-state index in [9.17, 15) is 9.50 Å². The third-order valence-corrected chi connectivity index (χ3v) is 3.15. The first kappa shape index (κ1) is 14.6. The lowest BCUT2D eigenvalue weighted by atomic mass is 10.00. The summed E-state index contributed by atoms with van der Waals surface area (Å²) in [5, 5.41) is 10.6. The van der Waals surface area contributed by atoms with Gasteiger partial charge in [-0.15, -0.1) is 0 Å².